The maximum Gasteiger partial charge on any atom is 0.205 e. The SMILES string of the molecule is Cc1ccccc1CCN=C(NN)NC1CCCC1. The van der Waals surface area contributed by atoms with Gasteiger partial charge < -0.3 is 5.32 Å². The van der Waals surface area contributed by atoms with Gasteiger partial charge in [-0.2, -0.15) is 0 Å². The molecule has 2 rings (SSSR count). The minimum Gasteiger partial charge on any atom is -0.353 e. The summed E-state index contributed by atoms with van der Waals surface area (Å²) < 4.78 is 0. The first-order valence-corrected chi connectivity index (χ1v) is 7.11. The van der Waals surface area contributed by atoms with Crippen molar-refractivity contribution in [3.63, 3.8) is 0 Å². The molecule has 1 saturated carbocycles. The topological polar surface area (TPSA) is 62.4 Å². The third-order valence-electron chi connectivity index (χ3n) is 3.75. The molecule has 4 nitrogen and oxygen atoms in total. The number of aryl methyl sites for hydroxylation is 1. The molecule has 1 fully saturated rings. The molecule has 0 unspecified atom stereocenters. The van der Waals surface area contributed by atoms with E-state index in [0.29, 0.717) is 6.04 Å². The number of hydrogen-bond acceptors (Lipinski definition) is 2. The molecule has 0 amide bonds. The molecule has 0 heterocycles. The van der Waals surface area contributed by atoms with Crippen LogP contribution >= 0.6 is 0 Å². The van der Waals surface area contributed by atoms with Crippen molar-refractivity contribution in [2.24, 2.45) is 10.8 Å². The van der Waals surface area contributed by atoms with E-state index in [-0.39, 0.29) is 0 Å². The minimum atomic E-state index is 0.535. The van der Waals surface area contributed by atoms with Crippen molar-refractivity contribution in [2.75, 3.05) is 6.54 Å². The van der Waals surface area contributed by atoms with Crippen LogP contribution in [0.2, 0.25) is 0 Å². The number of hydrazine groups is 1. The van der Waals surface area contributed by atoms with Crippen LogP contribution in [0, 0.1) is 6.92 Å². The zero-order chi connectivity index (χ0) is 13.5. The third-order valence-corrected chi connectivity index (χ3v) is 3.75. The van der Waals surface area contributed by atoms with Crippen molar-refractivity contribution < 1.29 is 0 Å². The first-order valence-electron chi connectivity index (χ1n) is 7.11. The number of nitrogens with zero attached hydrogens (tertiary/aromatic N) is 1. The van der Waals surface area contributed by atoms with E-state index in [4.69, 9.17) is 5.84 Å². The predicted octanol–water partition coefficient (Wildman–Crippen LogP) is 1.89. The van der Waals surface area contributed by atoms with Crippen LogP contribution < -0.4 is 16.6 Å². The molecule has 0 bridgehead atoms. The number of nitrogens with two attached hydrogens (primary N) is 1. The second-order valence-corrected chi connectivity index (χ2v) is 5.18. The Morgan fingerprint density at radius 3 is 2.74 bits per heavy atom. The van der Waals surface area contributed by atoms with E-state index in [0.717, 1.165) is 18.9 Å². The fourth-order valence-corrected chi connectivity index (χ4v) is 2.58. The molecule has 0 aliphatic heterocycles. The van der Waals surface area contributed by atoms with E-state index < -0.39 is 0 Å². The van der Waals surface area contributed by atoms with Gasteiger partial charge in [0.2, 0.25) is 5.96 Å². The second kappa shape index (κ2) is 7.14. The summed E-state index contributed by atoms with van der Waals surface area (Å²) in [5.74, 6) is 6.24. The van der Waals surface area contributed by atoms with Crippen molar-refractivity contribution in [1.82, 2.24) is 10.7 Å². The fourth-order valence-electron chi connectivity index (χ4n) is 2.58. The summed E-state index contributed by atoms with van der Waals surface area (Å²) in [5, 5.41) is 3.38. The molecular formula is C15H24N4. The highest BCUT2D eigenvalue weighted by atomic mass is 15.3. The molecule has 0 saturated heterocycles. The van der Waals surface area contributed by atoms with Gasteiger partial charge in [-0.15, -0.1) is 0 Å². The lowest BCUT2D eigenvalue weighted by Crippen LogP contribution is -2.45. The molecule has 1 aromatic rings. The predicted molar refractivity (Wildman–Crippen MR) is 79.9 cm³/mol. The van der Waals surface area contributed by atoms with Gasteiger partial charge in [-0.3, -0.25) is 10.4 Å². The second-order valence-electron chi connectivity index (χ2n) is 5.18. The van der Waals surface area contributed by atoms with Crippen molar-refractivity contribution in [3.8, 4) is 0 Å². The normalized spacial score (nSPS) is 16.6. The largest absolute Gasteiger partial charge is 0.353 e. The van der Waals surface area contributed by atoms with Gasteiger partial charge in [0, 0.05) is 12.6 Å². The zero-order valence-electron chi connectivity index (χ0n) is 11.7. The highest BCUT2D eigenvalue weighted by molar-refractivity contribution is 5.79. The number of guanidine groups is 1. The van der Waals surface area contributed by atoms with Crippen molar-refractivity contribution in [3.05, 3.63) is 35.4 Å². The zero-order valence-corrected chi connectivity index (χ0v) is 11.7. The highest BCUT2D eigenvalue weighted by Crippen LogP contribution is 2.17. The Balaban J connectivity index is 1.83. The van der Waals surface area contributed by atoms with Crippen molar-refractivity contribution >= 4 is 5.96 Å². The average Bonchev–Trinajstić information content (AvgIpc) is 2.92. The molecule has 4 heteroatoms. The highest BCUT2D eigenvalue weighted by Gasteiger charge is 2.15. The summed E-state index contributed by atoms with van der Waals surface area (Å²) in [6, 6.07) is 8.97. The fraction of sp³-hybridized carbons (Fsp3) is 0.533. The van der Waals surface area contributed by atoms with E-state index in [1.54, 1.807) is 0 Å². The molecule has 19 heavy (non-hydrogen) atoms. The van der Waals surface area contributed by atoms with Gasteiger partial charge in [0.25, 0.3) is 0 Å². The molecule has 0 atom stereocenters. The lowest BCUT2D eigenvalue weighted by molar-refractivity contribution is 0.614. The molecule has 104 valence electrons. The molecular weight excluding hydrogens is 236 g/mol. The summed E-state index contributed by atoms with van der Waals surface area (Å²) in [4.78, 5) is 4.51. The maximum atomic E-state index is 5.52. The molecule has 0 radical (unpaired) electrons. The average molecular weight is 260 g/mol. The summed E-state index contributed by atoms with van der Waals surface area (Å²) >= 11 is 0. The first-order chi connectivity index (χ1) is 9.29. The Hall–Kier alpha value is -1.55. The van der Waals surface area contributed by atoms with Crippen molar-refractivity contribution in [2.45, 2.75) is 45.1 Å². The van der Waals surface area contributed by atoms with Gasteiger partial charge in [0.1, 0.15) is 0 Å². The van der Waals surface area contributed by atoms with Crippen LogP contribution in [0.1, 0.15) is 36.8 Å². The molecule has 1 aromatic carbocycles. The Labute approximate surface area is 115 Å². The summed E-state index contributed by atoms with van der Waals surface area (Å²) in [7, 11) is 0. The molecule has 1 aliphatic rings. The summed E-state index contributed by atoms with van der Waals surface area (Å²) in [6.45, 7) is 2.89. The number of rotatable bonds is 4. The number of nitrogens with one attached hydrogen (secondary N) is 2. The molecule has 4 N–H and O–H groups in total. The smallest absolute Gasteiger partial charge is 0.205 e. The quantitative estimate of drug-likeness (QED) is 0.335. The molecule has 0 aromatic heterocycles. The van der Waals surface area contributed by atoms with Crippen LogP contribution in [0.4, 0.5) is 0 Å². The van der Waals surface area contributed by atoms with E-state index in [2.05, 4.69) is 46.9 Å². The van der Waals surface area contributed by atoms with Gasteiger partial charge in [0.15, 0.2) is 0 Å². The van der Waals surface area contributed by atoms with Crippen LogP contribution in [0.3, 0.4) is 0 Å². The Morgan fingerprint density at radius 2 is 2.05 bits per heavy atom. The number of hydrogen-bond donors (Lipinski definition) is 3. The van der Waals surface area contributed by atoms with Crippen LogP contribution in [-0.2, 0) is 6.42 Å². The van der Waals surface area contributed by atoms with Crippen LogP contribution in [0.25, 0.3) is 0 Å². The molecule has 1 aliphatic carbocycles. The van der Waals surface area contributed by atoms with Gasteiger partial charge in [-0.05, 0) is 37.3 Å². The lowest BCUT2D eigenvalue weighted by Gasteiger charge is -2.15. The monoisotopic (exact) mass is 260 g/mol. The Kier molecular flexibility index (Phi) is 5.21. The number of aliphatic imine (C=N–C) groups is 1. The van der Waals surface area contributed by atoms with Gasteiger partial charge in [0.05, 0.1) is 0 Å². The Morgan fingerprint density at radius 1 is 1.32 bits per heavy atom. The Bertz CT molecular complexity index is 422. The van der Waals surface area contributed by atoms with Gasteiger partial charge >= 0.3 is 0 Å². The van der Waals surface area contributed by atoms with Crippen LogP contribution in [0.5, 0.6) is 0 Å². The number of benzene rings is 1. The van der Waals surface area contributed by atoms with E-state index in [1.165, 1.54) is 36.8 Å². The van der Waals surface area contributed by atoms with Crippen LogP contribution in [-0.4, -0.2) is 18.5 Å². The van der Waals surface area contributed by atoms with Crippen molar-refractivity contribution in [1.29, 1.82) is 0 Å². The van der Waals surface area contributed by atoms with E-state index >= 15 is 0 Å². The van der Waals surface area contributed by atoms with E-state index in [1.807, 2.05) is 0 Å². The van der Waals surface area contributed by atoms with Gasteiger partial charge in [-0.1, -0.05) is 37.1 Å². The standard InChI is InChI=1S/C15H24N4/c1-12-6-2-3-7-13(12)10-11-17-15(19-16)18-14-8-4-5-9-14/h2-3,6-7,14H,4-5,8-11,16H2,1H3,(H2,17,18,19). The summed E-state index contributed by atoms with van der Waals surface area (Å²) in [5.41, 5.74) is 5.34. The molecule has 0 spiro atoms. The van der Waals surface area contributed by atoms with Crippen LogP contribution in [0.15, 0.2) is 29.3 Å². The third kappa shape index (κ3) is 4.24. The summed E-state index contributed by atoms with van der Waals surface area (Å²) in [6.07, 6.45) is 6.00. The first kappa shape index (κ1) is 13.9. The van der Waals surface area contributed by atoms with Gasteiger partial charge in [-0.25, -0.2) is 5.84 Å². The van der Waals surface area contributed by atoms with E-state index in [9.17, 15) is 0 Å². The lowest BCUT2D eigenvalue weighted by atomic mass is 10.1. The minimum absolute atomic E-state index is 0.535. The maximum absolute atomic E-state index is 5.52.